The molecular formula is C7H10ClNO. The average Bonchev–Trinajstić information content (AvgIpc) is 2.14. The second kappa shape index (κ2) is 3.06. The van der Waals surface area contributed by atoms with Crippen LogP contribution in [-0.2, 0) is 4.79 Å². The molecule has 0 aromatic rings. The highest BCUT2D eigenvalue weighted by molar-refractivity contribution is 6.21. The van der Waals surface area contributed by atoms with Crippen molar-refractivity contribution < 1.29 is 4.79 Å². The molecule has 0 radical (unpaired) electrons. The standard InChI is InChI=1S/C7H10ClNO/c1-2-3-6-4-7(10)9(8)5-6/h2,6H,1,3-5H2. The summed E-state index contributed by atoms with van der Waals surface area (Å²) in [7, 11) is 0. The van der Waals surface area contributed by atoms with E-state index < -0.39 is 0 Å². The number of rotatable bonds is 2. The molecule has 0 spiro atoms. The number of carbonyl (C=O) groups is 1. The highest BCUT2D eigenvalue weighted by atomic mass is 35.5. The van der Waals surface area contributed by atoms with Crippen LogP contribution >= 0.6 is 11.8 Å². The predicted octanol–water partition coefficient (Wildman–Crippen LogP) is 1.56. The predicted molar refractivity (Wildman–Crippen MR) is 40.5 cm³/mol. The van der Waals surface area contributed by atoms with Crippen molar-refractivity contribution in [2.45, 2.75) is 12.8 Å². The van der Waals surface area contributed by atoms with Crippen LogP contribution in [0.25, 0.3) is 0 Å². The van der Waals surface area contributed by atoms with Crippen LogP contribution in [-0.4, -0.2) is 16.9 Å². The zero-order valence-corrected chi connectivity index (χ0v) is 6.47. The first-order valence-corrected chi connectivity index (χ1v) is 3.65. The van der Waals surface area contributed by atoms with Crippen LogP contribution in [0.4, 0.5) is 0 Å². The van der Waals surface area contributed by atoms with E-state index in [1.165, 1.54) is 4.42 Å². The summed E-state index contributed by atoms with van der Waals surface area (Å²) in [6.07, 6.45) is 3.29. The van der Waals surface area contributed by atoms with Crippen LogP contribution < -0.4 is 0 Å². The zero-order chi connectivity index (χ0) is 7.56. The Morgan fingerprint density at radius 3 is 3.00 bits per heavy atom. The van der Waals surface area contributed by atoms with E-state index in [2.05, 4.69) is 6.58 Å². The van der Waals surface area contributed by atoms with E-state index in [0.29, 0.717) is 18.9 Å². The molecule has 0 bridgehead atoms. The minimum atomic E-state index is 0.0357. The smallest absolute Gasteiger partial charge is 0.237 e. The van der Waals surface area contributed by atoms with Gasteiger partial charge >= 0.3 is 0 Å². The van der Waals surface area contributed by atoms with Crippen molar-refractivity contribution in [3.63, 3.8) is 0 Å². The van der Waals surface area contributed by atoms with Gasteiger partial charge in [-0.25, -0.2) is 0 Å². The third-order valence-electron chi connectivity index (χ3n) is 1.65. The molecule has 1 amide bonds. The lowest BCUT2D eigenvalue weighted by Gasteiger charge is -2.03. The van der Waals surface area contributed by atoms with Crippen LogP contribution in [0.2, 0.25) is 0 Å². The number of hydrogen-bond acceptors (Lipinski definition) is 1. The molecule has 1 aliphatic rings. The zero-order valence-electron chi connectivity index (χ0n) is 5.72. The summed E-state index contributed by atoms with van der Waals surface area (Å²) in [6, 6.07) is 0. The SMILES string of the molecule is C=CCC1CC(=O)N(Cl)C1. The molecule has 2 nitrogen and oxygen atoms in total. The first-order chi connectivity index (χ1) is 4.74. The molecule has 1 fully saturated rings. The van der Waals surface area contributed by atoms with E-state index in [1.807, 2.05) is 6.08 Å². The molecule has 10 heavy (non-hydrogen) atoms. The second-order valence-electron chi connectivity index (χ2n) is 2.53. The monoisotopic (exact) mass is 159 g/mol. The highest BCUT2D eigenvalue weighted by Gasteiger charge is 2.26. The Kier molecular flexibility index (Phi) is 2.33. The van der Waals surface area contributed by atoms with Gasteiger partial charge in [0, 0.05) is 24.7 Å². The summed E-state index contributed by atoms with van der Waals surface area (Å²) < 4.78 is 1.26. The fraction of sp³-hybridized carbons (Fsp3) is 0.571. The topological polar surface area (TPSA) is 20.3 Å². The molecule has 1 rings (SSSR count). The minimum absolute atomic E-state index is 0.0357. The van der Waals surface area contributed by atoms with Crippen molar-refractivity contribution >= 4 is 17.7 Å². The van der Waals surface area contributed by atoms with Crippen molar-refractivity contribution in [3.05, 3.63) is 12.7 Å². The Bertz CT molecular complexity index is 158. The van der Waals surface area contributed by atoms with Gasteiger partial charge in [-0.3, -0.25) is 9.21 Å². The van der Waals surface area contributed by atoms with E-state index >= 15 is 0 Å². The number of hydrogen-bond donors (Lipinski definition) is 0. The van der Waals surface area contributed by atoms with Gasteiger partial charge in [-0.15, -0.1) is 6.58 Å². The molecular weight excluding hydrogens is 150 g/mol. The van der Waals surface area contributed by atoms with Crippen LogP contribution in [0, 0.1) is 5.92 Å². The molecule has 0 aromatic carbocycles. The highest BCUT2D eigenvalue weighted by Crippen LogP contribution is 2.22. The molecule has 1 heterocycles. The van der Waals surface area contributed by atoms with Crippen LogP contribution in [0.15, 0.2) is 12.7 Å². The number of amides is 1. The van der Waals surface area contributed by atoms with Gasteiger partial charge in [-0.1, -0.05) is 6.08 Å². The Hall–Kier alpha value is -0.500. The molecule has 0 saturated carbocycles. The molecule has 1 unspecified atom stereocenters. The third kappa shape index (κ3) is 1.51. The summed E-state index contributed by atoms with van der Waals surface area (Å²) >= 11 is 5.54. The van der Waals surface area contributed by atoms with Crippen molar-refractivity contribution in [2.24, 2.45) is 5.92 Å². The molecule has 3 heteroatoms. The van der Waals surface area contributed by atoms with E-state index in [1.54, 1.807) is 0 Å². The normalized spacial score (nSPS) is 25.5. The lowest BCUT2D eigenvalue weighted by atomic mass is 10.1. The lowest BCUT2D eigenvalue weighted by molar-refractivity contribution is -0.123. The van der Waals surface area contributed by atoms with E-state index in [-0.39, 0.29) is 5.91 Å². The minimum Gasteiger partial charge on any atom is -0.274 e. The molecule has 0 aromatic heterocycles. The van der Waals surface area contributed by atoms with E-state index in [4.69, 9.17) is 11.8 Å². The average molecular weight is 160 g/mol. The van der Waals surface area contributed by atoms with Crippen molar-refractivity contribution in [1.82, 2.24) is 4.42 Å². The van der Waals surface area contributed by atoms with Crippen molar-refractivity contribution in [3.8, 4) is 0 Å². The maximum atomic E-state index is 10.8. The van der Waals surface area contributed by atoms with Crippen molar-refractivity contribution in [1.29, 1.82) is 0 Å². The van der Waals surface area contributed by atoms with Gasteiger partial charge < -0.3 is 0 Å². The van der Waals surface area contributed by atoms with Gasteiger partial charge in [0.1, 0.15) is 0 Å². The fourth-order valence-corrected chi connectivity index (χ4v) is 1.40. The van der Waals surface area contributed by atoms with Gasteiger partial charge in [0.05, 0.1) is 0 Å². The Morgan fingerprint density at radius 1 is 1.90 bits per heavy atom. The summed E-state index contributed by atoms with van der Waals surface area (Å²) in [5.74, 6) is 0.427. The summed E-state index contributed by atoms with van der Waals surface area (Å²) in [5, 5.41) is 0. The van der Waals surface area contributed by atoms with Gasteiger partial charge in [0.2, 0.25) is 5.91 Å². The first kappa shape index (κ1) is 7.61. The summed E-state index contributed by atoms with van der Waals surface area (Å²) in [5.41, 5.74) is 0. The van der Waals surface area contributed by atoms with Crippen LogP contribution in [0.3, 0.4) is 0 Å². The molecule has 0 N–H and O–H groups in total. The van der Waals surface area contributed by atoms with Crippen LogP contribution in [0.5, 0.6) is 0 Å². The van der Waals surface area contributed by atoms with Crippen molar-refractivity contribution in [2.75, 3.05) is 6.54 Å². The molecule has 0 aliphatic carbocycles. The quantitative estimate of drug-likeness (QED) is 0.443. The summed E-state index contributed by atoms with van der Waals surface area (Å²) in [6.45, 7) is 4.27. The number of halogens is 1. The van der Waals surface area contributed by atoms with Gasteiger partial charge in [0.25, 0.3) is 0 Å². The van der Waals surface area contributed by atoms with E-state index in [0.717, 1.165) is 6.42 Å². The van der Waals surface area contributed by atoms with E-state index in [9.17, 15) is 4.79 Å². The van der Waals surface area contributed by atoms with Gasteiger partial charge in [0.15, 0.2) is 0 Å². The Labute approximate surface area is 65.6 Å². The molecule has 1 aliphatic heterocycles. The van der Waals surface area contributed by atoms with Crippen LogP contribution in [0.1, 0.15) is 12.8 Å². The Morgan fingerprint density at radius 2 is 2.60 bits per heavy atom. The number of allylic oxidation sites excluding steroid dienone is 1. The maximum Gasteiger partial charge on any atom is 0.237 e. The number of nitrogens with zero attached hydrogens (tertiary/aromatic N) is 1. The Balaban J connectivity index is 2.41. The first-order valence-electron chi connectivity index (χ1n) is 3.31. The third-order valence-corrected chi connectivity index (χ3v) is 1.98. The molecule has 1 atom stereocenters. The van der Waals surface area contributed by atoms with Gasteiger partial charge in [-0.2, -0.15) is 0 Å². The maximum absolute atomic E-state index is 10.8. The molecule has 56 valence electrons. The molecule has 1 saturated heterocycles. The summed E-state index contributed by atoms with van der Waals surface area (Å²) in [4.78, 5) is 10.8. The lowest BCUT2D eigenvalue weighted by Crippen LogP contribution is -2.12. The van der Waals surface area contributed by atoms with Gasteiger partial charge in [-0.05, 0) is 12.3 Å². The fourth-order valence-electron chi connectivity index (χ4n) is 1.13. The largest absolute Gasteiger partial charge is 0.274 e. The number of carbonyl (C=O) groups excluding carboxylic acids is 1. The second-order valence-corrected chi connectivity index (χ2v) is 2.94.